The van der Waals surface area contributed by atoms with Crippen LogP contribution >= 0.6 is 12.2 Å². The van der Waals surface area contributed by atoms with E-state index in [4.69, 9.17) is 22.7 Å². The molecule has 0 bridgehead atoms. The number of hydrogen-bond donors (Lipinski definition) is 1. The van der Waals surface area contributed by atoms with E-state index in [1.54, 1.807) is 6.07 Å². The smallest absolute Gasteiger partial charge is 0.260 e. The summed E-state index contributed by atoms with van der Waals surface area (Å²) >= 11 is 4.96. The quantitative estimate of drug-likeness (QED) is 0.833. The highest BCUT2D eigenvalue weighted by Crippen LogP contribution is 2.19. The average Bonchev–Trinajstić information content (AvgIpc) is 2.46. The Hall–Kier alpha value is -1.66. The Morgan fingerprint density at radius 1 is 1.33 bits per heavy atom. The summed E-state index contributed by atoms with van der Waals surface area (Å²) in [5, 5.41) is 0. The van der Waals surface area contributed by atoms with Gasteiger partial charge in [-0.2, -0.15) is 0 Å². The van der Waals surface area contributed by atoms with E-state index in [1.807, 2.05) is 24.0 Å². The van der Waals surface area contributed by atoms with E-state index in [-0.39, 0.29) is 12.5 Å². The van der Waals surface area contributed by atoms with E-state index in [0.717, 1.165) is 37.3 Å². The Morgan fingerprint density at radius 3 is 2.62 bits per heavy atom. The predicted molar refractivity (Wildman–Crippen MR) is 86.6 cm³/mol. The lowest BCUT2D eigenvalue weighted by molar-refractivity contribution is -0.134. The molecule has 5 nitrogen and oxygen atoms in total. The van der Waals surface area contributed by atoms with Crippen LogP contribution in [0, 0.1) is 6.92 Å². The van der Waals surface area contributed by atoms with Crippen molar-refractivity contribution >= 4 is 23.1 Å². The fraction of sp³-hybridized carbons (Fsp3) is 0.467. The predicted octanol–water partition coefficient (Wildman–Crippen LogP) is 0.782. The number of thiocarbonyl (C=S) groups is 1. The maximum Gasteiger partial charge on any atom is 0.260 e. The van der Waals surface area contributed by atoms with E-state index in [0.29, 0.717) is 10.7 Å². The van der Waals surface area contributed by atoms with Crippen LogP contribution in [0.5, 0.6) is 5.75 Å². The first kappa shape index (κ1) is 15.7. The number of benzene rings is 1. The maximum absolute atomic E-state index is 12.1. The van der Waals surface area contributed by atoms with Gasteiger partial charge in [-0.25, -0.2) is 0 Å². The van der Waals surface area contributed by atoms with Crippen LogP contribution in [-0.2, 0) is 4.79 Å². The first-order valence-electron chi connectivity index (χ1n) is 6.97. The molecule has 2 rings (SSSR count). The van der Waals surface area contributed by atoms with Crippen LogP contribution in [0.25, 0.3) is 0 Å². The highest BCUT2D eigenvalue weighted by molar-refractivity contribution is 7.80. The Kier molecular flexibility index (Phi) is 5.14. The molecule has 0 unspecified atom stereocenters. The van der Waals surface area contributed by atoms with Crippen molar-refractivity contribution in [1.29, 1.82) is 0 Å². The average molecular weight is 307 g/mol. The molecule has 0 saturated carbocycles. The summed E-state index contributed by atoms with van der Waals surface area (Å²) in [6.45, 7) is 5.29. The van der Waals surface area contributed by atoms with Crippen LogP contribution < -0.4 is 10.5 Å². The monoisotopic (exact) mass is 307 g/mol. The second kappa shape index (κ2) is 6.87. The zero-order chi connectivity index (χ0) is 15.4. The SMILES string of the molecule is Cc1ccc(C(N)=S)cc1OCC(=O)N1CCN(C)CC1. The molecule has 1 heterocycles. The topological polar surface area (TPSA) is 58.8 Å². The third-order valence-corrected chi connectivity index (χ3v) is 3.92. The van der Waals surface area contributed by atoms with Gasteiger partial charge in [-0.05, 0) is 25.6 Å². The van der Waals surface area contributed by atoms with Crippen molar-refractivity contribution in [3.8, 4) is 5.75 Å². The van der Waals surface area contributed by atoms with Gasteiger partial charge in [-0.3, -0.25) is 4.79 Å². The molecular formula is C15H21N3O2S. The first-order chi connectivity index (χ1) is 9.97. The van der Waals surface area contributed by atoms with Crippen molar-refractivity contribution in [2.45, 2.75) is 6.92 Å². The number of hydrogen-bond acceptors (Lipinski definition) is 4. The molecule has 0 spiro atoms. The molecule has 21 heavy (non-hydrogen) atoms. The standard InChI is InChI=1S/C15H21N3O2S/c1-11-3-4-12(15(16)21)9-13(11)20-10-14(19)18-7-5-17(2)6-8-18/h3-4,9H,5-8,10H2,1-2H3,(H2,16,21). The lowest BCUT2D eigenvalue weighted by atomic mass is 10.1. The molecule has 1 aromatic carbocycles. The third kappa shape index (κ3) is 4.15. The molecule has 1 aliphatic heterocycles. The molecule has 1 aromatic rings. The highest BCUT2D eigenvalue weighted by atomic mass is 32.1. The number of ether oxygens (including phenoxy) is 1. The van der Waals surface area contributed by atoms with Crippen LogP contribution in [0.3, 0.4) is 0 Å². The fourth-order valence-corrected chi connectivity index (χ4v) is 2.32. The summed E-state index contributed by atoms with van der Waals surface area (Å²) in [7, 11) is 2.06. The van der Waals surface area contributed by atoms with Gasteiger partial charge in [-0.15, -0.1) is 0 Å². The number of carbonyl (C=O) groups excluding carboxylic acids is 1. The minimum atomic E-state index is 0.0169. The Labute approximate surface area is 130 Å². The van der Waals surface area contributed by atoms with Gasteiger partial charge < -0.3 is 20.3 Å². The van der Waals surface area contributed by atoms with Crippen LogP contribution in [0.4, 0.5) is 0 Å². The second-order valence-electron chi connectivity index (χ2n) is 5.32. The number of carbonyl (C=O) groups is 1. The van der Waals surface area contributed by atoms with Gasteiger partial charge in [0.1, 0.15) is 10.7 Å². The van der Waals surface area contributed by atoms with E-state index >= 15 is 0 Å². The minimum absolute atomic E-state index is 0.0169. The van der Waals surface area contributed by atoms with Crippen LogP contribution in [0.2, 0.25) is 0 Å². The fourth-order valence-electron chi connectivity index (χ4n) is 2.20. The Morgan fingerprint density at radius 2 is 2.00 bits per heavy atom. The van der Waals surface area contributed by atoms with Gasteiger partial charge >= 0.3 is 0 Å². The number of piperazine rings is 1. The van der Waals surface area contributed by atoms with Gasteiger partial charge in [0, 0.05) is 31.7 Å². The summed E-state index contributed by atoms with van der Waals surface area (Å²) in [5.74, 6) is 0.672. The van der Waals surface area contributed by atoms with Gasteiger partial charge in [0.25, 0.3) is 5.91 Å². The number of nitrogens with zero attached hydrogens (tertiary/aromatic N) is 2. The molecule has 0 aliphatic carbocycles. The molecule has 1 saturated heterocycles. The summed E-state index contributed by atoms with van der Waals surface area (Å²) < 4.78 is 5.65. The Bertz CT molecular complexity index is 540. The number of nitrogens with two attached hydrogens (primary N) is 1. The lowest BCUT2D eigenvalue weighted by Gasteiger charge is -2.32. The van der Waals surface area contributed by atoms with Crippen LogP contribution in [0.15, 0.2) is 18.2 Å². The normalized spacial score (nSPS) is 15.8. The van der Waals surface area contributed by atoms with E-state index < -0.39 is 0 Å². The van der Waals surface area contributed by atoms with Crippen LogP contribution in [0.1, 0.15) is 11.1 Å². The number of likely N-dealkylation sites (N-methyl/N-ethyl adjacent to an activating group) is 1. The number of amides is 1. The maximum atomic E-state index is 12.1. The summed E-state index contributed by atoms with van der Waals surface area (Å²) in [4.78, 5) is 16.5. The number of rotatable bonds is 4. The molecule has 2 N–H and O–H groups in total. The van der Waals surface area contributed by atoms with E-state index in [2.05, 4.69) is 11.9 Å². The summed E-state index contributed by atoms with van der Waals surface area (Å²) in [6.07, 6.45) is 0. The summed E-state index contributed by atoms with van der Waals surface area (Å²) in [6, 6.07) is 5.53. The van der Waals surface area contributed by atoms with Crippen molar-refractivity contribution in [1.82, 2.24) is 9.80 Å². The van der Waals surface area contributed by atoms with E-state index in [9.17, 15) is 4.79 Å². The molecule has 0 radical (unpaired) electrons. The van der Waals surface area contributed by atoms with Crippen LogP contribution in [-0.4, -0.2) is 60.5 Å². The zero-order valence-corrected chi connectivity index (χ0v) is 13.3. The van der Waals surface area contributed by atoms with Crippen molar-refractivity contribution in [2.75, 3.05) is 39.8 Å². The zero-order valence-electron chi connectivity index (χ0n) is 12.5. The molecule has 6 heteroatoms. The third-order valence-electron chi connectivity index (χ3n) is 3.68. The van der Waals surface area contributed by atoms with Crippen molar-refractivity contribution in [3.63, 3.8) is 0 Å². The molecule has 1 fully saturated rings. The Balaban J connectivity index is 1.94. The van der Waals surface area contributed by atoms with Gasteiger partial charge in [-0.1, -0.05) is 24.4 Å². The molecule has 1 aliphatic rings. The van der Waals surface area contributed by atoms with Crippen molar-refractivity contribution in [3.05, 3.63) is 29.3 Å². The molecule has 0 aromatic heterocycles. The van der Waals surface area contributed by atoms with Gasteiger partial charge in [0.2, 0.25) is 0 Å². The summed E-state index contributed by atoms with van der Waals surface area (Å²) in [5.41, 5.74) is 7.32. The van der Waals surface area contributed by atoms with Crippen molar-refractivity contribution < 1.29 is 9.53 Å². The number of aryl methyl sites for hydroxylation is 1. The lowest BCUT2D eigenvalue weighted by Crippen LogP contribution is -2.48. The largest absolute Gasteiger partial charge is 0.483 e. The van der Waals surface area contributed by atoms with Crippen molar-refractivity contribution in [2.24, 2.45) is 5.73 Å². The molecule has 114 valence electrons. The molecular weight excluding hydrogens is 286 g/mol. The first-order valence-corrected chi connectivity index (χ1v) is 7.38. The second-order valence-corrected chi connectivity index (χ2v) is 5.76. The highest BCUT2D eigenvalue weighted by Gasteiger charge is 2.19. The minimum Gasteiger partial charge on any atom is -0.483 e. The molecule has 0 atom stereocenters. The van der Waals surface area contributed by atoms with Gasteiger partial charge in [0.05, 0.1) is 0 Å². The molecule has 1 amide bonds. The van der Waals surface area contributed by atoms with Gasteiger partial charge in [0.15, 0.2) is 6.61 Å². The van der Waals surface area contributed by atoms with E-state index in [1.165, 1.54) is 0 Å².